The van der Waals surface area contributed by atoms with Crippen LogP contribution in [0.2, 0.25) is 0 Å². The summed E-state index contributed by atoms with van der Waals surface area (Å²) in [6.45, 7) is 6.00. The Kier molecular flexibility index (Phi) is 5.18. The van der Waals surface area contributed by atoms with E-state index in [1.807, 2.05) is 47.9 Å². The number of carbonyl (C=O) groups is 1. The van der Waals surface area contributed by atoms with Crippen LogP contribution in [0.4, 0.5) is 5.82 Å². The maximum atomic E-state index is 12.4. The van der Waals surface area contributed by atoms with Crippen molar-refractivity contribution in [3.63, 3.8) is 0 Å². The number of anilines is 1. The Balaban J connectivity index is 1.69. The zero-order valence-corrected chi connectivity index (χ0v) is 15.2. The average molecular weight is 356 g/mol. The van der Waals surface area contributed by atoms with E-state index in [0.29, 0.717) is 5.82 Å². The van der Waals surface area contributed by atoms with Gasteiger partial charge >= 0.3 is 0 Å². The summed E-state index contributed by atoms with van der Waals surface area (Å²) in [5, 5.41) is 16.1. The molecule has 25 heavy (non-hydrogen) atoms. The van der Waals surface area contributed by atoms with Crippen molar-refractivity contribution >= 4 is 23.5 Å². The van der Waals surface area contributed by atoms with E-state index in [2.05, 4.69) is 34.5 Å². The van der Waals surface area contributed by atoms with E-state index in [-0.39, 0.29) is 17.7 Å². The molecule has 0 saturated heterocycles. The fourth-order valence-corrected chi connectivity index (χ4v) is 3.20. The maximum Gasteiger partial charge on any atom is 0.236 e. The SMILES string of the molecule is Cc1cc(NC(=O)CSc2nncn2C(C)C)n(-c2ccccc2)n1. The maximum absolute atomic E-state index is 12.4. The van der Waals surface area contributed by atoms with Crippen molar-refractivity contribution in [1.29, 1.82) is 0 Å². The first kappa shape index (κ1) is 17.2. The Bertz CT molecular complexity index is 855. The Morgan fingerprint density at radius 3 is 2.76 bits per heavy atom. The number of rotatable bonds is 6. The third kappa shape index (κ3) is 4.08. The van der Waals surface area contributed by atoms with Gasteiger partial charge in [-0.1, -0.05) is 30.0 Å². The molecule has 1 aromatic carbocycles. The zero-order valence-electron chi connectivity index (χ0n) is 14.4. The Hall–Kier alpha value is -2.61. The lowest BCUT2D eigenvalue weighted by atomic mass is 10.3. The van der Waals surface area contributed by atoms with Gasteiger partial charge < -0.3 is 9.88 Å². The highest BCUT2D eigenvalue weighted by Crippen LogP contribution is 2.20. The molecule has 0 aliphatic rings. The largest absolute Gasteiger partial charge is 0.310 e. The van der Waals surface area contributed by atoms with Crippen LogP contribution in [0.3, 0.4) is 0 Å². The van der Waals surface area contributed by atoms with Gasteiger partial charge in [-0.05, 0) is 32.9 Å². The summed E-state index contributed by atoms with van der Waals surface area (Å²) < 4.78 is 3.67. The molecule has 2 heterocycles. The molecule has 7 nitrogen and oxygen atoms in total. The van der Waals surface area contributed by atoms with E-state index in [1.54, 1.807) is 11.0 Å². The molecule has 3 rings (SSSR count). The first-order chi connectivity index (χ1) is 12.0. The van der Waals surface area contributed by atoms with Crippen molar-refractivity contribution < 1.29 is 4.79 Å². The molecule has 0 aliphatic carbocycles. The number of para-hydroxylation sites is 1. The van der Waals surface area contributed by atoms with Gasteiger partial charge in [0.2, 0.25) is 5.91 Å². The van der Waals surface area contributed by atoms with Gasteiger partial charge in [0.25, 0.3) is 0 Å². The van der Waals surface area contributed by atoms with Crippen LogP contribution in [-0.4, -0.2) is 36.2 Å². The van der Waals surface area contributed by atoms with Gasteiger partial charge in [0.15, 0.2) is 5.16 Å². The zero-order chi connectivity index (χ0) is 17.8. The van der Waals surface area contributed by atoms with Crippen LogP contribution in [0.15, 0.2) is 47.9 Å². The summed E-state index contributed by atoms with van der Waals surface area (Å²) >= 11 is 1.37. The molecule has 1 N–H and O–H groups in total. The molecule has 0 atom stereocenters. The molecule has 0 spiro atoms. The molecule has 0 bridgehead atoms. The third-order valence-electron chi connectivity index (χ3n) is 3.53. The topological polar surface area (TPSA) is 77.6 Å². The number of hydrogen-bond acceptors (Lipinski definition) is 5. The summed E-state index contributed by atoms with van der Waals surface area (Å²) in [5.41, 5.74) is 1.74. The van der Waals surface area contributed by atoms with E-state index >= 15 is 0 Å². The highest BCUT2D eigenvalue weighted by Gasteiger charge is 2.13. The number of amides is 1. The molecular weight excluding hydrogens is 336 g/mol. The van der Waals surface area contributed by atoms with Gasteiger partial charge in [-0.25, -0.2) is 4.68 Å². The number of carbonyl (C=O) groups excluding carboxylic acids is 1. The Labute approximate surface area is 150 Å². The second-order valence-electron chi connectivity index (χ2n) is 5.87. The van der Waals surface area contributed by atoms with Gasteiger partial charge in [-0.15, -0.1) is 10.2 Å². The van der Waals surface area contributed by atoms with Crippen molar-refractivity contribution in [3.8, 4) is 5.69 Å². The van der Waals surface area contributed by atoms with E-state index in [1.165, 1.54) is 11.8 Å². The van der Waals surface area contributed by atoms with Gasteiger partial charge in [-0.3, -0.25) is 4.79 Å². The lowest BCUT2D eigenvalue weighted by Crippen LogP contribution is -2.17. The lowest BCUT2D eigenvalue weighted by molar-refractivity contribution is -0.113. The minimum atomic E-state index is -0.111. The fourth-order valence-electron chi connectivity index (χ4n) is 2.35. The number of aromatic nitrogens is 5. The van der Waals surface area contributed by atoms with Crippen molar-refractivity contribution in [2.24, 2.45) is 0 Å². The normalized spacial score (nSPS) is 11.0. The second kappa shape index (κ2) is 7.52. The molecule has 130 valence electrons. The fraction of sp³-hybridized carbons (Fsp3) is 0.294. The molecule has 0 unspecified atom stereocenters. The van der Waals surface area contributed by atoms with Gasteiger partial charge in [0, 0.05) is 12.1 Å². The summed E-state index contributed by atoms with van der Waals surface area (Å²) in [6.07, 6.45) is 1.68. The molecule has 3 aromatic rings. The highest BCUT2D eigenvalue weighted by atomic mass is 32.2. The molecule has 2 aromatic heterocycles. The van der Waals surface area contributed by atoms with Crippen molar-refractivity contribution in [3.05, 3.63) is 48.4 Å². The Morgan fingerprint density at radius 2 is 2.04 bits per heavy atom. The van der Waals surface area contributed by atoms with Crippen LogP contribution >= 0.6 is 11.8 Å². The van der Waals surface area contributed by atoms with E-state index < -0.39 is 0 Å². The van der Waals surface area contributed by atoms with Crippen molar-refractivity contribution in [2.75, 3.05) is 11.1 Å². The van der Waals surface area contributed by atoms with Crippen LogP contribution < -0.4 is 5.32 Å². The smallest absolute Gasteiger partial charge is 0.236 e. The molecule has 8 heteroatoms. The second-order valence-corrected chi connectivity index (χ2v) is 6.81. The summed E-state index contributed by atoms with van der Waals surface area (Å²) in [6, 6.07) is 11.8. The molecular formula is C17H20N6OS. The number of nitrogens with one attached hydrogen (secondary N) is 1. The molecule has 0 aliphatic heterocycles. The lowest BCUT2D eigenvalue weighted by Gasteiger charge is -2.10. The van der Waals surface area contributed by atoms with Crippen LogP contribution in [0.25, 0.3) is 5.69 Å². The van der Waals surface area contributed by atoms with Crippen molar-refractivity contribution in [2.45, 2.75) is 32.0 Å². The number of benzene rings is 1. The first-order valence-electron chi connectivity index (χ1n) is 7.99. The van der Waals surface area contributed by atoms with Crippen LogP contribution in [0.1, 0.15) is 25.6 Å². The molecule has 0 fully saturated rings. The quantitative estimate of drug-likeness (QED) is 0.687. The molecule has 1 amide bonds. The summed E-state index contributed by atoms with van der Waals surface area (Å²) in [7, 11) is 0. The summed E-state index contributed by atoms with van der Waals surface area (Å²) in [4.78, 5) is 12.4. The number of aryl methyl sites for hydroxylation is 1. The summed E-state index contributed by atoms with van der Waals surface area (Å²) in [5.74, 6) is 0.796. The minimum Gasteiger partial charge on any atom is -0.310 e. The predicted octanol–water partition coefficient (Wildman–Crippen LogP) is 3.08. The van der Waals surface area contributed by atoms with E-state index in [4.69, 9.17) is 0 Å². The van der Waals surface area contributed by atoms with E-state index in [0.717, 1.165) is 16.5 Å². The number of nitrogens with zero attached hydrogens (tertiary/aromatic N) is 5. The number of thioether (sulfide) groups is 1. The van der Waals surface area contributed by atoms with Crippen molar-refractivity contribution in [1.82, 2.24) is 24.5 Å². The predicted molar refractivity (Wildman–Crippen MR) is 98.1 cm³/mol. The Morgan fingerprint density at radius 1 is 1.28 bits per heavy atom. The van der Waals surface area contributed by atoms with Gasteiger partial charge in [0.05, 0.1) is 17.1 Å². The van der Waals surface area contributed by atoms with Gasteiger partial charge in [-0.2, -0.15) is 5.10 Å². The standard InChI is InChI=1S/C17H20N6OS/c1-12(2)22-11-18-20-17(22)25-10-16(24)19-15-9-13(3)21-23(15)14-7-5-4-6-8-14/h4-9,11-12H,10H2,1-3H3,(H,19,24). The van der Waals surface area contributed by atoms with Gasteiger partial charge in [0.1, 0.15) is 12.1 Å². The van der Waals surface area contributed by atoms with Crippen LogP contribution in [-0.2, 0) is 4.79 Å². The third-order valence-corrected chi connectivity index (χ3v) is 4.49. The minimum absolute atomic E-state index is 0.111. The molecule has 0 radical (unpaired) electrons. The first-order valence-corrected chi connectivity index (χ1v) is 8.97. The molecule has 0 saturated carbocycles. The number of hydrogen-bond donors (Lipinski definition) is 1. The van der Waals surface area contributed by atoms with Crippen LogP contribution in [0, 0.1) is 6.92 Å². The van der Waals surface area contributed by atoms with Crippen LogP contribution in [0.5, 0.6) is 0 Å². The highest BCUT2D eigenvalue weighted by molar-refractivity contribution is 7.99. The van der Waals surface area contributed by atoms with E-state index in [9.17, 15) is 4.79 Å². The monoisotopic (exact) mass is 356 g/mol. The average Bonchev–Trinajstić information content (AvgIpc) is 3.20.